The minimum atomic E-state index is 0.00956. The van der Waals surface area contributed by atoms with Crippen LogP contribution < -0.4 is 21.3 Å². The van der Waals surface area contributed by atoms with Crippen LogP contribution in [0.2, 0.25) is 0 Å². The van der Waals surface area contributed by atoms with E-state index in [-0.39, 0.29) is 18.7 Å². The smallest absolute Gasteiger partial charge is 0.314 e. The van der Waals surface area contributed by atoms with Crippen molar-refractivity contribution in [1.82, 2.24) is 26.2 Å². The van der Waals surface area contributed by atoms with Gasteiger partial charge in [0.1, 0.15) is 0 Å². The number of hydrogen-bond acceptors (Lipinski definition) is 4. The number of aliphatic hydroxyl groups excluding tert-OH is 1. The molecule has 0 aromatic carbocycles. The predicted molar refractivity (Wildman–Crippen MR) is 258 cm³/mol. The fourth-order valence-electron chi connectivity index (χ4n) is 8.43. The highest BCUT2D eigenvalue weighted by Crippen LogP contribution is 2.20. The van der Waals surface area contributed by atoms with E-state index >= 15 is 0 Å². The van der Waals surface area contributed by atoms with Crippen LogP contribution in [0.25, 0.3) is 0 Å². The van der Waals surface area contributed by atoms with Gasteiger partial charge in [0, 0.05) is 32.8 Å². The van der Waals surface area contributed by atoms with Crippen LogP contribution in [0.1, 0.15) is 252 Å². The number of urea groups is 2. The second kappa shape index (κ2) is 47.5. The summed E-state index contributed by atoms with van der Waals surface area (Å²) in [6.45, 7) is 15.9. The maximum atomic E-state index is 12.6. The molecular weight excluding hydrogens is 731 g/mol. The Bertz CT molecular complexity index is 799. The van der Waals surface area contributed by atoms with Gasteiger partial charge in [0.15, 0.2) is 0 Å². The first-order valence-electron chi connectivity index (χ1n) is 26.4. The van der Waals surface area contributed by atoms with Gasteiger partial charge in [0.25, 0.3) is 0 Å². The van der Waals surface area contributed by atoms with Crippen molar-refractivity contribution in [2.45, 2.75) is 252 Å². The number of unbranched alkanes of at least 4 members (excludes halogenated alkanes) is 24. The normalized spacial score (nSPS) is 12.5. The summed E-state index contributed by atoms with van der Waals surface area (Å²) in [7, 11) is 0. The maximum Gasteiger partial charge on any atom is 0.314 e. The van der Waals surface area contributed by atoms with Crippen molar-refractivity contribution in [1.29, 1.82) is 0 Å². The first kappa shape index (κ1) is 57.5. The monoisotopic (exact) mass is 836 g/mol. The lowest BCUT2D eigenvalue weighted by atomic mass is 9.94. The molecular formula is C51H105N5O3. The first-order valence-corrected chi connectivity index (χ1v) is 26.4. The highest BCUT2D eigenvalue weighted by atomic mass is 16.3. The summed E-state index contributed by atoms with van der Waals surface area (Å²) in [5.41, 5.74) is 0. The molecule has 0 rings (SSSR count). The predicted octanol–water partition coefficient (Wildman–Crippen LogP) is 13.8. The summed E-state index contributed by atoms with van der Waals surface area (Å²) in [5, 5.41) is 21.9. The Labute approximate surface area is 368 Å². The summed E-state index contributed by atoms with van der Waals surface area (Å²) in [4.78, 5) is 27.8. The molecule has 5 N–H and O–H groups in total. The topological polar surface area (TPSA) is 106 Å². The average Bonchev–Trinajstić information content (AvgIpc) is 3.24. The Balaban J connectivity index is 4.28. The second-order valence-corrected chi connectivity index (χ2v) is 18.3. The summed E-state index contributed by atoms with van der Waals surface area (Å²) in [6, 6.07) is 0.0191. The standard InChI is InChI=1S/C51H105N5O3/c1-5-9-13-17-19-28-38-48(36-26-15-11-7-3)46-54-50(58)52-40-30-21-23-32-42-56(44-34-25-35-45-57)43-33-24-22-31-41-53-51(59)55-47-49(37-27-16-12-8-4)39-29-20-18-14-10-6-2/h48-49,57H,5-47H2,1-4H3,(H2,52,54,58)(H2,53,55,59). The molecule has 352 valence electrons. The zero-order valence-electron chi connectivity index (χ0n) is 40.3. The van der Waals surface area contributed by atoms with Gasteiger partial charge in [-0.3, -0.25) is 0 Å². The van der Waals surface area contributed by atoms with E-state index in [2.05, 4.69) is 53.9 Å². The number of hydrogen-bond donors (Lipinski definition) is 5. The van der Waals surface area contributed by atoms with E-state index in [1.165, 1.54) is 180 Å². The highest BCUT2D eigenvalue weighted by Gasteiger charge is 2.12. The molecule has 0 radical (unpaired) electrons. The van der Waals surface area contributed by atoms with Crippen molar-refractivity contribution < 1.29 is 14.7 Å². The van der Waals surface area contributed by atoms with Gasteiger partial charge < -0.3 is 31.3 Å². The molecule has 0 saturated carbocycles. The number of carbonyl (C=O) groups is 2. The molecule has 0 aromatic rings. The first-order chi connectivity index (χ1) is 29.0. The van der Waals surface area contributed by atoms with E-state index in [0.717, 1.165) is 90.8 Å². The molecule has 8 nitrogen and oxygen atoms in total. The molecule has 4 amide bonds. The van der Waals surface area contributed by atoms with Crippen molar-refractivity contribution in [3.63, 3.8) is 0 Å². The molecule has 2 atom stereocenters. The van der Waals surface area contributed by atoms with E-state index in [1.807, 2.05) is 0 Å². The summed E-state index contributed by atoms with van der Waals surface area (Å²) >= 11 is 0. The van der Waals surface area contributed by atoms with Gasteiger partial charge in [0.2, 0.25) is 0 Å². The van der Waals surface area contributed by atoms with Crippen LogP contribution in [0.5, 0.6) is 0 Å². The number of amides is 4. The molecule has 0 bridgehead atoms. The van der Waals surface area contributed by atoms with Crippen LogP contribution in [0.15, 0.2) is 0 Å². The Morgan fingerprint density at radius 2 is 0.661 bits per heavy atom. The molecule has 0 fully saturated rings. The molecule has 59 heavy (non-hydrogen) atoms. The van der Waals surface area contributed by atoms with E-state index in [0.29, 0.717) is 11.8 Å². The van der Waals surface area contributed by atoms with Crippen molar-refractivity contribution in [3.8, 4) is 0 Å². The summed E-state index contributed by atoms with van der Waals surface area (Å²) in [5.74, 6) is 1.22. The Kier molecular flexibility index (Phi) is 46.3. The van der Waals surface area contributed by atoms with Gasteiger partial charge in [-0.05, 0) is 102 Å². The maximum absolute atomic E-state index is 12.6. The van der Waals surface area contributed by atoms with Crippen LogP contribution in [0.4, 0.5) is 9.59 Å². The zero-order valence-corrected chi connectivity index (χ0v) is 40.3. The summed E-state index contributed by atoms with van der Waals surface area (Å²) in [6.07, 6.45) is 43.7. The van der Waals surface area contributed by atoms with Crippen LogP contribution in [-0.2, 0) is 0 Å². The van der Waals surface area contributed by atoms with Crippen molar-refractivity contribution in [3.05, 3.63) is 0 Å². The molecule has 8 heteroatoms. The van der Waals surface area contributed by atoms with Crippen LogP contribution in [0.3, 0.4) is 0 Å². The van der Waals surface area contributed by atoms with Crippen LogP contribution in [0, 0.1) is 11.8 Å². The quantitative estimate of drug-likeness (QED) is 0.0394. The van der Waals surface area contributed by atoms with Gasteiger partial charge in [-0.25, -0.2) is 9.59 Å². The SMILES string of the molecule is CCCCCCCCC(CCCCCC)CNC(=O)NCCCCCCN(CCCCCO)CCCCCCNC(=O)NCC(CCCCCC)CCCCCCCC. The van der Waals surface area contributed by atoms with E-state index in [9.17, 15) is 14.7 Å². The molecule has 2 unspecified atom stereocenters. The fraction of sp³-hybridized carbons (Fsp3) is 0.961. The number of nitrogens with zero attached hydrogens (tertiary/aromatic N) is 1. The van der Waals surface area contributed by atoms with Crippen LogP contribution >= 0.6 is 0 Å². The second-order valence-electron chi connectivity index (χ2n) is 18.3. The van der Waals surface area contributed by atoms with Crippen molar-refractivity contribution in [2.75, 3.05) is 52.4 Å². The molecule has 0 saturated heterocycles. The molecule has 0 heterocycles. The van der Waals surface area contributed by atoms with Gasteiger partial charge in [0.05, 0.1) is 0 Å². The summed E-state index contributed by atoms with van der Waals surface area (Å²) < 4.78 is 0. The third kappa shape index (κ3) is 42.9. The van der Waals surface area contributed by atoms with E-state index in [4.69, 9.17) is 0 Å². The lowest BCUT2D eigenvalue weighted by Crippen LogP contribution is -2.38. The number of aliphatic hydroxyl groups is 1. The Morgan fingerprint density at radius 1 is 0.373 bits per heavy atom. The Hall–Kier alpha value is -1.54. The lowest BCUT2D eigenvalue weighted by molar-refractivity contribution is 0.236. The average molecular weight is 836 g/mol. The molecule has 0 spiro atoms. The number of nitrogens with one attached hydrogen (secondary N) is 4. The van der Waals surface area contributed by atoms with Crippen molar-refractivity contribution >= 4 is 12.1 Å². The third-order valence-electron chi connectivity index (χ3n) is 12.5. The van der Waals surface area contributed by atoms with E-state index in [1.54, 1.807) is 0 Å². The largest absolute Gasteiger partial charge is 0.396 e. The third-order valence-corrected chi connectivity index (χ3v) is 12.5. The molecule has 0 aliphatic heterocycles. The minimum absolute atomic E-state index is 0.00956. The minimum Gasteiger partial charge on any atom is -0.396 e. The highest BCUT2D eigenvalue weighted by molar-refractivity contribution is 5.74. The van der Waals surface area contributed by atoms with Crippen molar-refractivity contribution in [2.24, 2.45) is 11.8 Å². The fourth-order valence-corrected chi connectivity index (χ4v) is 8.43. The lowest BCUT2D eigenvalue weighted by Gasteiger charge is -2.22. The molecule has 0 aliphatic rings. The van der Waals surface area contributed by atoms with Gasteiger partial charge in [-0.15, -0.1) is 0 Å². The number of rotatable bonds is 47. The van der Waals surface area contributed by atoms with Gasteiger partial charge in [-0.1, -0.05) is 182 Å². The van der Waals surface area contributed by atoms with Gasteiger partial charge in [-0.2, -0.15) is 0 Å². The molecule has 0 aromatic heterocycles. The zero-order chi connectivity index (χ0) is 43.1. The van der Waals surface area contributed by atoms with E-state index < -0.39 is 0 Å². The molecule has 0 aliphatic carbocycles. The Morgan fingerprint density at radius 3 is 1.02 bits per heavy atom. The number of carbonyl (C=O) groups excluding carboxylic acids is 2. The van der Waals surface area contributed by atoms with Gasteiger partial charge >= 0.3 is 12.1 Å². The van der Waals surface area contributed by atoms with Crippen LogP contribution in [-0.4, -0.2) is 74.5 Å².